The molecule has 0 aliphatic heterocycles. The van der Waals surface area contributed by atoms with E-state index in [1.54, 1.807) is 6.07 Å². The Bertz CT molecular complexity index is 286. The van der Waals surface area contributed by atoms with Crippen LogP contribution in [0.1, 0.15) is 5.56 Å². The first-order chi connectivity index (χ1) is 5.24. The van der Waals surface area contributed by atoms with Gasteiger partial charge < -0.3 is 10.9 Å². The summed E-state index contributed by atoms with van der Waals surface area (Å²) in [7, 11) is 0. The molecule has 0 radical (unpaired) electrons. The lowest BCUT2D eigenvalue weighted by atomic mass is 10.2. The quantitative estimate of drug-likeness (QED) is 0.380. The first-order valence-corrected chi connectivity index (χ1v) is 3.33. The van der Waals surface area contributed by atoms with E-state index in [-0.39, 0.29) is 5.75 Å². The van der Waals surface area contributed by atoms with Crippen LogP contribution in [0.2, 0.25) is 5.02 Å². The summed E-state index contributed by atoms with van der Waals surface area (Å²) >= 11 is 5.70. The van der Waals surface area contributed by atoms with Gasteiger partial charge in [0.2, 0.25) is 0 Å². The van der Waals surface area contributed by atoms with Crippen molar-refractivity contribution in [1.82, 2.24) is 0 Å². The first-order valence-electron chi connectivity index (χ1n) is 2.96. The number of aromatic hydroxyl groups is 1. The second-order valence-corrected chi connectivity index (χ2v) is 2.39. The van der Waals surface area contributed by atoms with Crippen LogP contribution in [0, 0.1) is 0 Å². The number of hydrogen-bond acceptors (Lipinski definition) is 3. The fourth-order valence-corrected chi connectivity index (χ4v) is 0.925. The topological polar surface area (TPSA) is 58.6 Å². The third-order valence-corrected chi connectivity index (χ3v) is 1.52. The van der Waals surface area contributed by atoms with Crippen LogP contribution in [-0.2, 0) is 0 Å². The van der Waals surface area contributed by atoms with Crippen molar-refractivity contribution in [1.29, 1.82) is 0 Å². The van der Waals surface area contributed by atoms with Gasteiger partial charge in [-0.15, -0.1) is 0 Å². The number of phenolic OH excluding ortho intramolecular Hbond substituents is 1. The average molecular weight is 171 g/mol. The van der Waals surface area contributed by atoms with E-state index in [0.717, 1.165) is 0 Å². The summed E-state index contributed by atoms with van der Waals surface area (Å²) in [5.41, 5.74) is 0.687. The van der Waals surface area contributed by atoms with Crippen molar-refractivity contribution in [3.63, 3.8) is 0 Å². The van der Waals surface area contributed by atoms with Crippen LogP contribution in [0.3, 0.4) is 0 Å². The molecule has 0 unspecified atom stereocenters. The molecule has 11 heavy (non-hydrogen) atoms. The zero-order valence-corrected chi connectivity index (χ0v) is 6.42. The third-order valence-electron chi connectivity index (χ3n) is 1.20. The van der Waals surface area contributed by atoms with E-state index in [1.165, 1.54) is 18.3 Å². The van der Waals surface area contributed by atoms with E-state index < -0.39 is 0 Å². The maximum atomic E-state index is 8.95. The minimum atomic E-state index is 0.129. The number of nitrogens with zero attached hydrogens (tertiary/aromatic N) is 1. The van der Waals surface area contributed by atoms with Crippen LogP contribution in [0.4, 0.5) is 0 Å². The summed E-state index contributed by atoms with van der Waals surface area (Å²) in [4.78, 5) is 0. The number of hydrogen-bond donors (Lipinski definition) is 2. The SMILES string of the molecule is N/N=C/c1ccc(O)cc1Cl. The molecule has 0 aliphatic carbocycles. The Morgan fingerprint density at radius 1 is 1.55 bits per heavy atom. The number of halogens is 1. The van der Waals surface area contributed by atoms with Gasteiger partial charge >= 0.3 is 0 Å². The maximum absolute atomic E-state index is 8.95. The van der Waals surface area contributed by atoms with Crippen molar-refractivity contribution in [3.8, 4) is 5.75 Å². The molecule has 3 N–H and O–H groups in total. The molecule has 0 heterocycles. The Morgan fingerprint density at radius 3 is 2.82 bits per heavy atom. The molecule has 0 fully saturated rings. The zero-order chi connectivity index (χ0) is 8.27. The molecule has 4 heteroatoms. The van der Waals surface area contributed by atoms with Gasteiger partial charge in [0.05, 0.1) is 11.2 Å². The minimum absolute atomic E-state index is 0.129. The molecule has 58 valence electrons. The van der Waals surface area contributed by atoms with Gasteiger partial charge in [-0.05, 0) is 18.2 Å². The highest BCUT2D eigenvalue weighted by molar-refractivity contribution is 6.33. The lowest BCUT2D eigenvalue weighted by molar-refractivity contribution is 0.475. The summed E-state index contributed by atoms with van der Waals surface area (Å²) in [6.45, 7) is 0. The van der Waals surface area contributed by atoms with Crippen molar-refractivity contribution in [2.45, 2.75) is 0 Å². The van der Waals surface area contributed by atoms with E-state index in [9.17, 15) is 0 Å². The molecule has 0 aliphatic rings. The molecular weight excluding hydrogens is 164 g/mol. The van der Waals surface area contributed by atoms with Gasteiger partial charge in [-0.3, -0.25) is 0 Å². The highest BCUT2D eigenvalue weighted by Gasteiger charge is 1.96. The molecule has 0 spiro atoms. The summed E-state index contributed by atoms with van der Waals surface area (Å²) in [6.07, 6.45) is 1.42. The molecular formula is C7H7ClN2O. The number of phenols is 1. The van der Waals surface area contributed by atoms with E-state index >= 15 is 0 Å². The number of rotatable bonds is 1. The predicted molar refractivity (Wildman–Crippen MR) is 44.9 cm³/mol. The van der Waals surface area contributed by atoms with Crippen molar-refractivity contribution in [3.05, 3.63) is 28.8 Å². The van der Waals surface area contributed by atoms with Crippen LogP contribution in [0.15, 0.2) is 23.3 Å². The lowest BCUT2D eigenvalue weighted by Crippen LogP contribution is -1.86. The fourth-order valence-electron chi connectivity index (χ4n) is 0.701. The van der Waals surface area contributed by atoms with Crippen molar-refractivity contribution in [2.24, 2.45) is 10.9 Å². The smallest absolute Gasteiger partial charge is 0.117 e. The van der Waals surface area contributed by atoms with Gasteiger partial charge in [-0.1, -0.05) is 11.6 Å². The van der Waals surface area contributed by atoms with E-state index in [2.05, 4.69) is 5.10 Å². The second kappa shape index (κ2) is 3.25. The van der Waals surface area contributed by atoms with Gasteiger partial charge in [0.15, 0.2) is 0 Å². The van der Waals surface area contributed by atoms with Gasteiger partial charge in [-0.2, -0.15) is 5.10 Å². The van der Waals surface area contributed by atoms with Crippen LogP contribution in [0.5, 0.6) is 5.75 Å². The maximum Gasteiger partial charge on any atom is 0.117 e. The van der Waals surface area contributed by atoms with Crippen molar-refractivity contribution < 1.29 is 5.11 Å². The Kier molecular flexibility index (Phi) is 2.33. The molecule has 0 saturated carbocycles. The number of hydrazone groups is 1. The molecule has 0 bridgehead atoms. The third kappa shape index (κ3) is 1.85. The molecule has 1 rings (SSSR count). The lowest BCUT2D eigenvalue weighted by Gasteiger charge is -1.96. The Labute approximate surface area is 69.1 Å². The first kappa shape index (κ1) is 7.88. The van der Waals surface area contributed by atoms with Gasteiger partial charge in [0, 0.05) is 5.56 Å². The Hall–Kier alpha value is -1.22. The van der Waals surface area contributed by atoms with Crippen molar-refractivity contribution >= 4 is 17.8 Å². The van der Waals surface area contributed by atoms with Crippen LogP contribution < -0.4 is 5.84 Å². The van der Waals surface area contributed by atoms with Crippen LogP contribution in [0.25, 0.3) is 0 Å². The normalized spacial score (nSPS) is 10.6. The van der Waals surface area contributed by atoms with E-state index in [1.807, 2.05) is 0 Å². The van der Waals surface area contributed by atoms with Gasteiger partial charge in [0.1, 0.15) is 5.75 Å². The fraction of sp³-hybridized carbons (Fsp3) is 0. The molecule has 1 aromatic carbocycles. The molecule has 0 saturated heterocycles. The average Bonchev–Trinajstić information content (AvgIpc) is 1.95. The molecule has 1 aromatic rings. The largest absolute Gasteiger partial charge is 0.508 e. The van der Waals surface area contributed by atoms with E-state index in [0.29, 0.717) is 10.6 Å². The summed E-state index contributed by atoms with van der Waals surface area (Å²) < 4.78 is 0. The highest BCUT2D eigenvalue weighted by atomic mass is 35.5. The van der Waals surface area contributed by atoms with E-state index in [4.69, 9.17) is 22.6 Å². The van der Waals surface area contributed by atoms with Crippen molar-refractivity contribution in [2.75, 3.05) is 0 Å². The summed E-state index contributed by atoms with van der Waals surface area (Å²) in [5, 5.41) is 12.7. The summed E-state index contributed by atoms with van der Waals surface area (Å²) in [6, 6.07) is 4.58. The molecule has 0 atom stereocenters. The Morgan fingerprint density at radius 2 is 2.27 bits per heavy atom. The summed E-state index contributed by atoms with van der Waals surface area (Å²) in [5.74, 6) is 5.04. The van der Waals surface area contributed by atoms with Crippen LogP contribution in [-0.4, -0.2) is 11.3 Å². The standard InChI is InChI=1S/C7H7ClN2O/c8-7-3-6(11)2-1-5(7)4-10-9/h1-4,11H,9H2/b10-4+. The molecule has 0 aromatic heterocycles. The molecule has 3 nitrogen and oxygen atoms in total. The minimum Gasteiger partial charge on any atom is -0.508 e. The zero-order valence-electron chi connectivity index (χ0n) is 5.66. The highest BCUT2D eigenvalue weighted by Crippen LogP contribution is 2.19. The predicted octanol–water partition coefficient (Wildman–Crippen LogP) is 1.34. The second-order valence-electron chi connectivity index (χ2n) is 1.98. The Balaban J connectivity index is 3.09. The number of benzene rings is 1. The van der Waals surface area contributed by atoms with Gasteiger partial charge in [-0.25, -0.2) is 0 Å². The molecule has 0 amide bonds. The monoisotopic (exact) mass is 170 g/mol. The van der Waals surface area contributed by atoms with Crippen LogP contribution >= 0.6 is 11.6 Å². The van der Waals surface area contributed by atoms with Gasteiger partial charge in [0.25, 0.3) is 0 Å². The number of nitrogens with two attached hydrogens (primary N) is 1.